The van der Waals surface area contributed by atoms with Gasteiger partial charge in [0.25, 0.3) is 11.5 Å². The number of hydrazone groups is 1. The summed E-state index contributed by atoms with van der Waals surface area (Å²) in [6, 6.07) is 3.38. The number of ether oxygens (including phenoxy) is 1. The number of methoxy groups -OCH3 is 1. The average Bonchev–Trinajstić information content (AvgIpc) is 2.91. The fourth-order valence-corrected chi connectivity index (χ4v) is 4.88. The molecule has 4 rings (SSSR count). The molecule has 1 aromatic heterocycles. The van der Waals surface area contributed by atoms with E-state index in [0.717, 1.165) is 32.1 Å². The number of aromatic nitrogens is 1. The highest BCUT2D eigenvalue weighted by Crippen LogP contribution is 2.36. The Labute approximate surface area is 217 Å². The van der Waals surface area contributed by atoms with E-state index in [-0.39, 0.29) is 35.0 Å². The third kappa shape index (κ3) is 5.47. The van der Waals surface area contributed by atoms with Crippen molar-refractivity contribution in [1.82, 2.24) is 20.2 Å². The molecule has 3 aliphatic rings. The number of amidine groups is 1. The smallest absolute Gasteiger partial charge is 0.274 e. The molecule has 0 aromatic carbocycles. The van der Waals surface area contributed by atoms with Gasteiger partial charge in [-0.25, -0.2) is 4.99 Å². The molecule has 2 heterocycles. The van der Waals surface area contributed by atoms with Crippen molar-refractivity contribution in [3.63, 3.8) is 0 Å². The number of aliphatic imine (C=N–C) groups is 1. The van der Waals surface area contributed by atoms with E-state index in [1.807, 2.05) is 12.3 Å². The van der Waals surface area contributed by atoms with Gasteiger partial charge >= 0.3 is 0 Å². The Balaban J connectivity index is 1.60. The minimum Gasteiger partial charge on any atom is -0.391 e. The number of aliphatic hydroxyl groups is 1. The van der Waals surface area contributed by atoms with Crippen LogP contribution in [0.5, 0.6) is 0 Å². The fraction of sp³-hybridized carbons (Fsp3) is 0.538. The van der Waals surface area contributed by atoms with Crippen LogP contribution >= 0.6 is 0 Å². The van der Waals surface area contributed by atoms with E-state index in [2.05, 4.69) is 39.7 Å². The number of anilines is 1. The van der Waals surface area contributed by atoms with Crippen LogP contribution in [0.25, 0.3) is 0 Å². The molecular formula is C26H37N7O4. The molecule has 0 bridgehead atoms. The summed E-state index contributed by atoms with van der Waals surface area (Å²) >= 11 is 0. The van der Waals surface area contributed by atoms with Crippen molar-refractivity contribution in [3.8, 4) is 0 Å². The number of carbonyl (C=O) groups is 1. The van der Waals surface area contributed by atoms with Gasteiger partial charge in [0, 0.05) is 39.2 Å². The minimum absolute atomic E-state index is 0.0953. The summed E-state index contributed by atoms with van der Waals surface area (Å²) in [6.07, 6.45) is 7.86. The van der Waals surface area contributed by atoms with Crippen LogP contribution in [-0.4, -0.2) is 65.0 Å². The van der Waals surface area contributed by atoms with E-state index in [0.29, 0.717) is 29.3 Å². The normalized spacial score (nSPS) is 28.9. The van der Waals surface area contributed by atoms with Crippen LogP contribution in [0.4, 0.5) is 5.69 Å². The molecule has 200 valence electrons. The van der Waals surface area contributed by atoms with Gasteiger partial charge in [0.2, 0.25) is 0 Å². The average molecular weight is 512 g/mol. The molecule has 0 saturated heterocycles. The molecule has 2 aliphatic carbocycles. The molecule has 0 spiro atoms. The molecule has 37 heavy (non-hydrogen) atoms. The summed E-state index contributed by atoms with van der Waals surface area (Å²) in [4.78, 5) is 30.9. The lowest BCUT2D eigenvalue weighted by Crippen LogP contribution is -2.50. The zero-order valence-electron chi connectivity index (χ0n) is 22.0. The number of nitrogens with one attached hydrogen (secondary N) is 3. The second-order valence-corrected chi connectivity index (χ2v) is 10.0. The van der Waals surface area contributed by atoms with Crippen molar-refractivity contribution in [1.29, 1.82) is 0 Å². The van der Waals surface area contributed by atoms with Crippen LogP contribution in [0.3, 0.4) is 0 Å². The Morgan fingerprint density at radius 3 is 2.59 bits per heavy atom. The molecule has 2 saturated carbocycles. The molecular weight excluding hydrogens is 474 g/mol. The number of rotatable bonds is 7. The first kappa shape index (κ1) is 26.6. The lowest BCUT2D eigenvalue weighted by atomic mass is 9.83. The van der Waals surface area contributed by atoms with E-state index >= 15 is 0 Å². The lowest BCUT2D eigenvalue weighted by molar-refractivity contribution is -0.120. The van der Waals surface area contributed by atoms with Gasteiger partial charge in [-0.2, -0.15) is 10.1 Å². The SMILES string of the molecule is C=NN1C(NC)=CC(Nc2cccn([C@H]3CC[C@](C)(OC)CC3)c2=O)=N/C1=C(/C)C(=O)NC1CCC1O. The van der Waals surface area contributed by atoms with Gasteiger partial charge in [0.1, 0.15) is 17.3 Å². The maximum absolute atomic E-state index is 13.4. The fourth-order valence-electron chi connectivity index (χ4n) is 4.88. The van der Waals surface area contributed by atoms with Gasteiger partial charge in [-0.15, -0.1) is 0 Å². The van der Waals surface area contributed by atoms with Crippen molar-refractivity contribution < 1.29 is 14.6 Å². The molecule has 4 N–H and O–H groups in total. The first-order chi connectivity index (χ1) is 17.7. The third-order valence-corrected chi connectivity index (χ3v) is 7.69. The largest absolute Gasteiger partial charge is 0.391 e. The molecule has 1 aromatic rings. The second-order valence-electron chi connectivity index (χ2n) is 10.0. The number of aliphatic hydroxyl groups excluding tert-OH is 1. The number of nitrogens with zero attached hydrogens (tertiary/aromatic N) is 4. The van der Waals surface area contributed by atoms with Gasteiger partial charge in [-0.3, -0.25) is 9.59 Å². The number of amides is 1. The van der Waals surface area contributed by atoms with Crippen LogP contribution in [0, 0.1) is 0 Å². The van der Waals surface area contributed by atoms with E-state index in [1.165, 1.54) is 5.01 Å². The highest BCUT2D eigenvalue weighted by molar-refractivity contribution is 6.06. The first-order valence-corrected chi connectivity index (χ1v) is 12.7. The van der Waals surface area contributed by atoms with Gasteiger partial charge in [0.15, 0.2) is 5.82 Å². The monoisotopic (exact) mass is 511 g/mol. The number of hydrogen-bond acceptors (Lipinski definition) is 9. The molecule has 11 nitrogen and oxygen atoms in total. The van der Waals surface area contributed by atoms with Crippen LogP contribution < -0.4 is 21.5 Å². The van der Waals surface area contributed by atoms with E-state index < -0.39 is 6.10 Å². The van der Waals surface area contributed by atoms with Crippen molar-refractivity contribution >= 4 is 24.1 Å². The highest BCUT2D eigenvalue weighted by Gasteiger charge is 2.33. The van der Waals surface area contributed by atoms with Gasteiger partial charge in [-0.05, 0) is 64.5 Å². The zero-order chi connectivity index (χ0) is 26.7. The Morgan fingerprint density at radius 2 is 2.03 bits per heavy atom. The predicted molar refractivity (Wildman–Crippen MR) is 143 cm³/mol. The highest BCUT2D eigenvalue weighted by atomic mass is 16.5. The second kappa shape index (κ2) is 10.9. The molecule has 2 unspecified atom stereocenters. The summed E-state index contributed by atoms with van der Waals surface area (Å²) in [7, 11) is 3.46. The van der Waals surface area contributed by atoms with Crippen molar-refractivity contribution in [3.05, 3.63) is 52.0 Å². The Kier molecular flexibility index (Phi) is 7.84. The molecule has 2 fully saturated rings. The molecule has 1 amide bonds. The summed E-state index contributed by atoms with van der Waals surface area (Å²) in [5.74, 6) is 0.814. The molecule has 0 radical (unpaired) electrons. The maximum atomic E-state index is 13.4. The number of carbonyl (C=O) groups excluding carboxylic acids is 1. The Hall–Kier alpha value is -3.44. The summed E-state index contributed by atoms with van der Waals surface area (Å²) in [6.45, 7) is 7.36. The zero-order valence-corrected chi connectivity index (χ0v) is 22.0. The molecule has 11 heteroatoms. The van der Waals surface area contributed by atoms with Gasteiger partial charge in [0.05, 0.1) is 23.3 Å². The van der Waals surface area contributed by atoms with Crippen molar-refractivity contribution in [2.45, 2.75) is 76.2 Å². The van der Waals surface area contributed by atoms with Gasteiger partial charge in [-0.1, -0.05) is 0 Å². The Bertz CT molecular complexity index is 1190. The summed E-state index contributed by atoms with van der Waals surface area (Å²) < 4.78 is 7.43. The Morgan fingerprint density at radius 1 is 1.30 bits per heavy atom. The molecule has 1 aliphatic heterocycles. The van der Waals surface area contributed by atoms with Crippen LogP contribution in [0.15, 0.2) is 56.5 Å². The third-order valence-electron chi connectivity index (χ3n) is 7.69. The predicted octanol–water partition coefficient (Wildman–Crippen LogP) is 2.04. The van der Waals surface area contributed by atoms with Crippen molar-refractivity contribution in [2.75, 3.05) is 19.5 Å². The number of hydrogen-bond donors (Lipinski definition) is 4. The number of pyridine rings is 1. The van der Waals surface area contributed by atoms with E-state index in [1.54, 1.807) is 37.8 Å². The van der Waals surface area contributed by atoms with Crippen LogP contribution in [0.1, 0.15) is 58.4 Å². The lowest BCUT2D eigenvalue weighted by Gasteiger charge is -2.36. The maximum Gasteiger partial charge on any atom is 0.274 e. The standard InChI is InChI=1S/C26H37N7O4/c1-16(24(35)30-18-8-9-20(18)34)23-31-21(15-22(27-3)33(23)28-4)29-19-7-6-14-32(25(19)36)17-10-12-26(2,37-5)13-11-17/h6-7,14-15,17-18,20,27,34H,4,8-13H2,1-3,5H3,(H,29,31)(H,30,35)/b23-16+/t17-,18?,20?,26-. The molecule has 2 atom stereocenters. The minimum atomic E-state index is -0.539. The summed E-state index contributed by atoms with van der Waals surface area (Å²) in [5.41, 5.74) is 0.405. The van der Waals surface area contributed by atoms with Crippen molar-refractivity contribution in [2.24, 2.45) is 10.1 Å². The van der Waals surface area contributed by atoms with Crippen LogP contribution in [0.2, 0.25) is 0 Å². The van der Waals surface area contributed by atoms with Gasteiger partial charge < -0.3 is 30.4 Å². The summed E-state index contributed by atoms with van der Waals surface area (Å²) in [5, 5.41) is 24.3. The van der Waals surface area contributed by atoms with E-state index in [9.17, 15) is 14.7 Å². The quantitative estimate of drug-likeness (QED) is 0.325. The topological polar surface area (TPSA) is 133 Å². The first-order valence-electron chi connectivity index (χ1n) is 12.7. The van der Waals surface area contributed by atoms with E-state index in [4.69, 9.17) is 4.74 Å². The van der Waals surface area contributed by atoms with Crippen LogP contribution in [-0.2, 0) is 9.53 Å².